The van der Waals surface area contributed by atoms with E-state index in [4.69, 9.17) is 14.6 Å². The van der Waals surface area contributed by atoms with Crippen LogP contribution in [0.3, 0.4) is 0 Å². The second-order valence-corrected chi connectivity index (χ2v) is 3.71. The Bertz CT molecular complexity index is 331. The van der Waals surface area contributed by atoms with Gasteiger partial charge in [0.05, 0.1) is 12.5 Å². The van der Waals surface area contributed by atoms with E-state index >= 15 is 0 Å². The summed E-state index contributed by atoms with van der Waals surface area (Å²) in [5, 5.41) is 8.43. The molecule has 0 amide bonds. The van der Waals surface area contributed by atoms with Gasteiger partial charge >= 0.3 is 17.9 Å². The second kappa shape index (κ2) is 6.67. The van der Waals surface area contributed by atoms with E-state index in [9.17, 15) is 14.4 Å². The number of aliphatic carboxylic acids is 1. The van der Waals surface area contributed by atoms with E-state index in [0.717, 1.165) is 0 Å². The molecule has 0 aliphatic rings. The Hall–Kier alpha value is -1.85. The standard InChI is InChI=1S/C11H16O6/c1-6(2)16-11(15)8(4)17-10(14)7(3)5-9(12)13/h6,8H,3,5H2,1-2,4H3,(H,12,13). The molecule has 0 saturated heterocycles. The van der Waals surface area contributed by atoms with Gasteiger partial charge in [0.15, 0.2) is 6.10 Å². The fourth-order valence-corrected chi connectivity index (χ4v) is 0.875. The van der Waals surface area contributed by atoms with Crippen molar-refractivity contribution in [3.05, 3.63) is 12.2 Å². The lowest BCUT2D eigenvalue weighted by Crippen LogP contribution is -2.29. The first-order valence-electron chi connectivity index (χ1n) is 5.05. The minimum Gasteiger partial charge on any atom is -0.481 e. The summed E-state index contributed by atoms with van der Waals surface area (Å²) in [4.78, 5) is 32.9. The number of carbonyl (C=O) groups is 3. The Morgan fingerprint density at radius 2 is 1.71 bits per heavy atom. The predicted molar refractivity (Wildman–Crippen MR) is 58.2 cm³/mol. The van der Waals surface area contributed by atoms with Crippen molar-refractivity contribution in [3.8, 4) is 0 Å². The lowest BCUT2D eigenvalue weighted by atomic mass is 10.2. The maximum atomic E-state index is 11.3. The third-order valence-corrected chi connectivity index (χ3v) is 1.62. The van der Waals surface area contributed by atoms with Crippen LogP contribution in [0.15, 0.2) is 12.2 Å². The molecule has 0 heterocycles. The minimum atomic E-state index is -1.19. The number of hydrogen-bond acceptors (Lipinski definition) is 5. The highest BCUT2D eigenvalue weighted by atomic mass is 16.6. The van der Waals surface area contributed by atoms with Crippen molar-refractivity contribution < 1.29 is 29.0 Å². The van der Waals surface area contributed by atoms with Gasteiger partial charge in [0.1, 0.15) is 0 Å². The Morgan fingerprint density at radius 3 is 2.12 bits per heavy atom. The molecule has 17 heavy (non-hydrogen) atoms. The highest BCUT2D eigenvalue weighted by molar-refractivity contribution is 5.94. The number of carbonyl (C=O) groups excluding carboxylic acids is 2. The molecule has 96 valence electrons. The first kappa shape index (κ1) is 15.2. The molecule has 0 rings (SSSR count). The zero-order chi connectivity index (χ0) is 13.6. The molecule has 0 aromatic rings. The van der Waals surface area contributed by atoms with E-state index in [-0.39, 0.29) is 11.7 Å². The molecule has 0 fully saturated rings. The molecule has 6 nitrogen and oxygen atoms in total. The molecule has 0 spiro atoms. The highest BCUT2D eigenvalue weighted by Gasteiger charge is 2.22. The monoisotopic (exact) mass is 244 g/mol. The van der Waals surface area contributed by atoms with Gasteiger partial charge < -0.3 is 14.6 Å². The van der Waals surface area contributed by atoms with Crippen LogP contribution in [-0.4, -0.2) is 35.2 Å². The van der Waals surface area contributed by atoms with Crippen molar-refractivity contribution in [2.24, 2.45) is 0 Å². The highest BCUT2D eigenvalue weighted by Crippen LogP contribution is 2.06. The number of hydrogen-bond donors (Lipinski definition) is 1. The molecule has 0 aromatic heterocycles. The second-order valence-electron chi connectivity index (χ2n) is 3.71. The molecule has 0 bridgehead atoms. The zero-order valence-electron chi connectivity index (χ0n) is 10.1. The van der Waals surface area contributed by atoms with Crippen LogP contribution in [0.5, 0.6) is 0 Å². The maximum Gasteiger partial charge on any atom is 0.347 e. The largest absolute Gasteiger partial charge is 0.481 e. The average molecular weight is 244 g/mol. The average Bonchev–Trinajstić information content (AvgIpc) is 2.15. The van der Waals surface area contributed by atoms with Gasteiger partial charge in [-0.3, -0.25) is 4.79 Å². The fraction of sp³-hybridized carbons (Fsp3) is 0.545. The molecule has 1 N–H and O–H groups in total. The van der Waals surface area contributed by atoms with Crippen molar-refractivity contribution in [2.45, 2.75) is 39.4 Å². The normalized spacial score (nSPS) is 11.8. The molecule has 6 heteroatoms. The number of rotatable bonds is 6. The topological polar surface area (TPSA) is 89.9 Å². The number of esters is 2. The number of ether oxygens (including phenoxy) is 2. The lowest BCUT2D eigenvalue weighted by Gasteiger charge is -2.14. The molecule has 0 aliphatic heterocycles. The van der Waals surface area contributed by atoms with Crippen molar-refractivity contribution in [1.29, 1.82) is 0 Å². The Kier molecular flexibility index (Phi) is 5.95. The summed E-state index contributed by atoms with van der Waals surface area (Å²) in [7, 11) is 0. The van der Waals surface area contributed by atoms with Crippen molar-refractivity contribution in [1.82, 2.24) is 0 Å². The van der Waals surface area contributed by atoms with E-state index in [1.807, 2.05) is 0 Å². The molecule has 1 unspecified atom stereocenters. The van der Waals surface area contributed by atoms with Gasteiger partial charge in [0, 0.05) is 5.57 Å². The SMILES string of the molecule is C=C(CC(=O)O)C(=O)OC(C)C(=O)OC(C)C. The third kappa shape index (κ3) is 6.34. The molecular weight excluding hydrogens is 228 g/mol. The minimum absolute atomic E-state index is 0.221. The molecule has 0 aliphatic carbocycles. The predicted octanol–water partition coefficient (Wildman–Crippen LogP) is 0.901. The number of carboxylic acid groups (broad SMARTS) is 1. The molecule has 0 radical (unpaired) electrons. The van der Waals surface area contributed by atoms with E-state index in [1.165, 1.54) is 6.92 Å². The summed E-state index contributed by atoms with van der Waals surface area (Å²) in [6.07, 6.45) is -1.92. The van der Waals surface area contributed by atoms with Gasteiger partial charge in [-0.05, 0) is 20.8 Å². The molecule has 0 saturated carbocycles. The maximum absolute atomic E-state index is 11.3. The third-order valence-electron chi connectivity index (χ3n) is 1.62. The van der Waals surface area contributed by atoms with Gasteiger partial charge in [-0.25, -0.2) is 9.59 Å². The van der Waals surface area contributed by atoms with E-state index in [2.05, 4.69) is 6.58 Å². The van der Waals surface area contributed by atoms with Crippen molar-refractivity contribution in [3.63, 3.8) is 0 Å². The van der Waals surface area contributed by atoms with Crippen LogP contribution in [0, 0.1) is 0 Å². The van der Waals surface area contributed by atoms with Crippen molar-refractivity contribution >= 4 is 17.9 Å². The van der Waals surface area contributed by atoms with E-state index < -0.39 is 30.4 Å². The fourth-order valence-electron chi connectivity index (χ4n) is 0.875. The van der Waals surface area contributed by atoms with Gasteiger partial charge in [-0.1, -0.05) is 6.58 Å². The summed E-state index contributed by atoms with van der Waals surface area (Å²) in [5.74, 6) is -2.79. The van der Waals surface area contributed by atoms with Crippen LogP contribution in [0.2, 0.25) is 0 Å². The summed E-state index contributed by atoms with van der Waals surface area (Å²) >= 11 is 0. The van der Waals surface area contributed by atoms with Gasteiger partial charge in [-0.2, -0.15) is 0 Å². The van der Waals surface area contributed by atoms with Crippen LogP contribution >= 0.6 is 0 Å². The quantitative estimate of drug-likeness (QED) is 0.551. The first-order chi connectivity index (χ1) is 7.73. The van der Waals surface area contributed by atoms with E-state index in [0.29, 0.717) is 0 Å². The molecular formula is C11H16O6. The molecule has 1 atom stereocenters. The van der Waals surface area contributed by atoms with Crippen molar-refractivity contribution in [2.75, 3.05) is 0 Å². The summed E-state index contributed by atoms with van der Waals surface area (Å²) in [6, 6.07) is 0. The Balaban J connectivity index is 4.24. The van der Waals surface area contributed by atoms with Crippen LogP contribution in [0.4, 0.5) is 0 Å². The number of carboxylic acids is 1. The Labute approximate surface area is 99.2 Å². The first-order valence-corrected chi connectivity index (χ1v) is 5.05. The van der Waals surface area contributed by atoms with Gasteiger partial charge in [0.25, 0.3) is 0 Å². The lowest BCUT2D eigenvalue weighted by molar-refractivity contribution is -0.167. The summed E-state index contributed by atoms with van der Waals surface area (Å²) < 4.78 is 9.51. The van der Waals surface area contributed by atoms with Crippen LogP contribution < -0.4 is 0 Å². The van der Waals surface area contributed by atoms with Gasteiger partial charge in [0.2, 0.25) is 0 Å². The van der Waals surface area contributed by atoms with Crippen LogP contribution in [0.1, 0.15) is 27.2 Å². The smallest absolute Gasteiger partial charge is 0.347 e. The van der Waals surface area contributed by atoms with E-state index in [1.54, 1.807) is 13.8 Å². The Morgan fingerprint density at radius 1 is 1.18 bits per heavy atom. The molecule has 0 aromatic carbocycles. The van der Waals surface area contributed by atoms with Crippen LogP contribution in [-0.2, 0) is 23.9 Å². The van der Waals surface area contributed by atoms with Gasteiger partial charge in [-0.15, -0.1) is 0 Å². The summed E-state index contributed by atoms with van der Waals surface area (Å²) in [6.45, 7) is 7.93. The van der Waals surface area contributed by atoms with Crippen LogP contribution in [0.25, 0.3) is 0 Å². The summed E-state index contributed by atoms with van der Waals surface area (Å²) in [5.41, 5.74) is -0.221. The zero-order valence-corrected chi connectivity index (χ0v) is 10.1.